The first-order valence-corrected chi connectivity index (χ1v) is 18.1. The number of rotatable bonds is 4. The first-order valence-electron chi connectivity index (χ1n) is 17.3. The van der Waals surface area contributed by atoms with Crippen molar-refractivity contribution in [3.8, 4) is 11.1 Å². The maximum absolute atomic E-state index is 2.46. The highest BCUT2D eigenvalue weighted by Crippen LogP contribution is 2.59. The van der Waals surface area contributed by atoms with E-state index in [2.05, 4.69) is 183 Å². The van der Waals surface area contributed by atoms with Gasteiger partial charge in [-0.3, -0.25) is 0 Å². The minimum absolute atomic E-state index is 0.109. The van der Waals surface area contributed by atoms with Crippen molar-refractivity contribution in [3.63, 3.8) is 0 Å². The molecule has 0 saturated heterocycles. The first kappa shape index (κ1) is 28.6. The van der Waals surface area contributed by atoms with E-state index < -0.39 is 0 Å². The smallest absolute Gasteiger partial charge is 0.0465 e. The van der Waals surface area contributed by atoms with Crippen molar-refractivity contribution in [2.75, 3.05) is 4.90 Å². The summed E-state index contributed by atoms with van der Waals surface area (Å²) in [7, 11) is 0. The lowest BCUT2D eigenvalue weighted by atomic mass is 9.65. The largest absolute Gasteiger partial charge is 0.310 e. The Labute approximate surface area is 291 Å². The molecule has 234 valence electrons. The summed E-state index contributed by atoms with van der Waals surface area (Å²) in [6.07, 6.45) is 9.30. The van der Waals surface area contributed by atoms with Crippen LogP contribution in [0, 0.1) is 5.92 Å². The normalized spacial score (nSPS) is 18.3. The number of fused-ring (bicyclic) bond motifs is 10. The Hall–Kier alpha value is -5.44. The van der Waals surface area contributed by atoms with Crippen LogP contribution in [0.4, 0.5) is 17.1 Å². The van der Waals surface area contributed by atoms with E-state index in [1.54, 1.807) is 5.57 Å². The number of anilines is 3. The third-order valence-corrected chi connectivity index (χ3v) is 12.3. The molecule has 1 aromatic heterocycles. The molecular weight excluding hydrogens is 611 g/mol. The quantitative estimate of drug-likeness (QED) is 0.184. The van der Waals surface area contributed by atoms with Crippen LogP contribution in [0.3, 0.4) is 0 Å². The fourth-order valence-electron chi connectivity index (χ4n) is 8.87. The summed E-state index contributed by atoms with van der Waals surface area (Å²) in [6.45, 7) is 4.87. The van der Waals surface area contributed by atoms with Crippen molar-refractivity contribution in [1.29, 1.82) is 0 Å². The van der Waals surface area contributed by atoms with Crippen molar-refractivity contribution in [1.82, 2.24) is 0 Å². The van der Waals surface area contributed by atoms with Gasteiger partial charge in [-0.25, -0.2) is 0 Å². The zero-order chi connectivity index (χ0) is 32.7. The number of allylic oxidation sites excluding steroid dienone is 5. The van der Waals surface area contributed by atoms with Crippen LogP contribution in [0.2, 0.25) is 0 Å². The summed E-state index contributed by atoms with van der Waals surface area (Å²) in [4.78, 5) is 2.41. The summed E-state index contributed by atoms with van der Waals surface area (Å²) in [5, 5.41) is 2.67. The Morgan fingerprint density at radius 2 is 1.22 bits per heavy atom. The van der Waals surface area contributed by atoms with Crippen molar-refractivity contribution in [2.24, 2.45) is 5.92 Å². The summed E-state index contributed by atoms with van der Waals surface area (Å²) < 4.78 is 2.68. The lowest BCUT2D eigenvalue weighted by Crippen LogP contribution is -2.28. The van der Waals surface area contributed by atoms with Gasteiger partial charge in [-0.15, -0.1) is 11.3 Å². The number of hydrogen-bond acceptors (Lipinski definition) is 2. The average molecular weight is 646 g/mol. The van der Waals surface area contributed by atoms with Gasteiger partial charge in [-0.1, -0.05) is 135 Å². The van der Waals surface area contributed by atoms with Crippen LogP contribution in [0.15, 0.2) is 169 Å². The molecule has 2 atom stereocenters. The minimum atomic E-state index is -0.109. The van der Waals surface area contributed by atoms with Crippen molar-refractivity contribution in [3.05, 3.63) is 192 Å². The molecule has 0 saturated carbocycles. The fourth-order valence-corrected chi connectivity index (χ4v) is 10.1. The Bertz CT molecular complexity index is 2530. The first-order chi connectivity index (χ1) is 24.1. The molecule has 1 nitrogen and oxygen atoms in total. The molecule has 49 heavy (non-hydrogen) atoms. The van der Waals surface area contributed by atoms with E-state index in [4.69, 9.17) is 0 Å². The summed E-state index contributed by atoms with van der Waals surface area (Å²) >= 11 is 1.89. The van der Waals surface area contributed by atoms with Gasteiger partial charge in [0, 0.05) is 54.5 Å². The van der Waals surface area contributed by atoms with Crippen LogP contribution in [-0.4, -0.2) is 0 Å². The monoisotopic (exact) mass is 645 g/mol. The highest BCUT2D eigenvalue weighted by Gasteiger charge is 2.46. The second-order valence-electron chi connectivity index (χ2n) is 14.1. The topological polar surface area (TPSA) is 3.24 Å². The molecular formula is C47H35NS. The van der Waals surface area contributed by atoms with Gasteiger partial charge in [-0.2, -0.15) is 0 Å². The number of thiophene rings is 1. The molecule has 6 aromatic carbocycles. The van der Waals surface area contributed by atoms with E-state index in [9.17, 15) is 0 Å². The van der Waals surface area contributed by atoms with Gasteiger partial charge in [0.25, 0.3) is 0 Å². The zero-order valence-corrected chi connectivity index (χ0v) is 28.4. The Morgan fingerprint density at radius 1 is 0.551 bits per heavy atom. The van der Waals surface area contributed by atoms with Gasteiger partial charge in [0.05, 0.1) is 0 Å². The number of hydrogen-bond donors (Lipinski definition) is 0. The Balaban J connectivity index is 1.09. The Morgan fingerprint density at radius 3 is 2.08 bits per heavy atom. The zero-order valence-electron chi connectivity index (χ0n) is 27.6. The van der Waals surface area contributed by atoms with Crippen molar-refractivity contribution >= 4 is 54.1 Å². The highest BCUT2D eigenvalue weighted by atomic mass is 32.1. The minimum Gasteiger partial charge on any atom is -0.310 e. The van der Waals surface area contributed by atoms with Crippen LogP contribution < -0.4 is 4.90 Å². The molecule has 0 radical (unpaired) electrons. The molecule has 3 aliphatic carbocycles. The second kappa shape index (κ2) is 10.8. The molecule has 0 N–H and O–H groups in total. The van der Waals surface area contributed by atoms with E-state index in [0.717, 1.165) is 11.4 Å². The molecule has 2 heteroatoms. The Kier molecular flexibility index (Phi) is 6.29. The van der Waals surface area contributed by atoms with Gasteiger partial charge in [-0.05, 0) is 87.0 Å². The summed E-state index contributed by atoms with van der Waals surface area (Å²) in [6, 6.07) is 51.7. The summed E-state index contributed by atoms with van der Waals surface area (Å²) in [5.74, 6) is 0.745. The maximum Gasteiger partial charge on any atom is 0.0465 e. The van der Waals surface area contributed by atoms with Gasteiger partial charge < -0.3 is 4.90 Å². The number of para-hydroxylation sites is 1. The standard InChI is InChI=1S/C47H35NS/c1-47(2)42-29-33(27-28-41(42)44-38-18-8-6-15-35(38)36-16-7-9-19-39(36)45(44)47)48(31-13-4-3-5-14-31)32-25-23-30(24-26-32)34-20-12-21-40-37-17-10-11-22-43(37)49-46(34)40/h3-29,36,39H,1-2H3. The van der Waals surface area contributed by atoms with Crippen LogP contribution in [0.5, 0.6) is 0 Å². The fraction of sp³-hybridized carbons (Fsp3) is 0.106. The molecule has 10 rings (SSSR count). The van der Waals surface area contributed by atoms with E-state index >= 15 is 0 Å². The van der Waals surface area contributed by atoms with E-state index in [-0.39, 0.29) is 5.41 Å². The van der Waals surface area contributed by atoms with Crippen molar-refractivity contribution < 1.29 is 0 Å². The number of benzene rings is 6. The third kappa shape index (κ3) is 4.24. The molecule has 0 bridgehead atoms. The molecule has 0 aliphatic heterocycles. The number of nitrogens with zero attached hydrogens (tertiary/aromatic N) is 1. The average Bonchev–Trinajstić information content (AvgIpc) is 3.65. The van der Waals surface area contributed by atoms with Crippen LogP contribution in [0.25, 0.3) is 36.9 Å². The van der Waals surface area contributed by atoms with Crippen LogP contribution >= 0.6 is 11.3 Å². The van der Waals surface area contributed by atoms with Gasteiger partial charge >= 0.3 is 0 Å². The molecule has 1 heterocycles. The molecule has 0 spiro atoms. The molecule has 7 aromatic rings. The highest BCUT2D eigenvalue weighted by molar-refractivity contribution is 7.26. The lowest BCUT2D eigenvalue weighted by molar-refractivity contribution is 0.523. The van der Waals surface area contributed by atoms with E-state index in [0.29, 0.717) is 11.8 Å². The maximum atomic E-state index is 2.46. The molecule has 2 unspecified atom stereocenters. The van der Waals surface area contributed by atoms with E-state index in [1.165, 1.54) is 64.8 Å². The molecule has 0 fully saturated rings. The van der Waals surface area contributed by atoms with Crippen LogP contribution in [-0.2, 0) is 5.41 Å². The van der Waals surface area contributed by atoms with Gasteiger partial charge in [0.1, 0.15) is 0 Å². The van der Waals surface area contributed by atoms with Crippen LogP contribution in [0.1, 0.15) is 42.0 Å². The summed E-state index contributed by atoms with van der Waals surface area (Å²) in [5.41, 5.74) is 14.5. The second-order valence-corrected chi connectivity index (χ2v) is 15.1. The molecule has 0 amide bonds. The third-order valence-electron chi connectivity index (χ3n) is 11.1. The molecule has 3 aliphatic rings. The van der Waals surface area contributed by atoms with Crippen molar-refractivity contribution in [2.45, 2.75) is 25.2 Å². The lowest BCUT2D eigenvalue weighted by Gasteiger charge is -2.38. The van der Waals surface area contributed by atoms with Gasteiger partial charge in [0.2, 0.25) is 0 Å². The SMILES string of the molecule is CC1(C)C2=C(c3ccccc3C3C=CC=CC23)c2ccc(N(c3ccccc3)c3ccc(-c4cccc5c4sc4ccccc45)cc3)cc21. The van der Waals surface area contributed by atoms with Gasteiger partial charge in [0.15, 0.2) is 0 Å². The van der Waals surface area contributed by atoms with E-state index in [1.807, 2.05) is 11.3 Å². The predicted molar refractivity (Wildman–Crippen MR) is 209 cm³/mol. The predicted octanol–water partition coefficient (Wildman–Crippen LogP) is 13.1.